The van der Waals surface area contributed by atoms with Crippen molar-refractivity contribution in [2.45, 2.75) is 46.6 Å². The summed E-state index contributed by atoms with van der Waals surface area (Å²) in [7, 11) is 1.94. The average molecular weight is 239 g/mol. The fourth-order valence-corrected chi connectivity index (χ4v) is 2.23. The van der Waals surface area contributed by atoms with Gasteiger partial charge in [0.1, 0.15) is 5.76 Å². The third kappa shape index (κ3) is 3.32. The summed E-state index contributed by atoms with van der Waals surface area (Å²) in [6.07, 6.45) is 1.63. The van der Waals surface area contributed by atoms with Crippen LogP contribution in [-0.4, -0.2) is 25.5 Å². The van der Waals surface area contributed by atoms with Crippen molar-refractivity contribution in [2.75, 3.05) is 13.6 Å². The molecule has 1 heterocycles. The first-order chi connectivity index (χ1) is 7.99. The van der Waals surface area contributed by atoms with Crippen LogP contribution < -0.4 is 5.32 Å². The van der Waals surface area contributed by atoms with E-state index in [0.29, 0.717) is 0 Å². The van der Waals surface area contributed by atoms with Crippen molar-refractivity contribution in [2.24, 2.45) is 11.8 Å². The molecule has 0 spiro atoms. The maximum Gasteiger partial charge on any atom is 0.203 e. The number of carbonyl (C=O) groups excluding carboxylic acids is 1. The van der Waals surface area contributed by atoms with E-state index in [-0.39, 0.29) is 23.7 Å². The molecule has 0 aromatic rings. The summed E-state index contributed by atoms with van der Waals surface area (Å²) in [6, 6.07) is 0. The van der Waals surface area contributed by atoms with Gasteiger partial charge in [-0.05, 0) is 31.8 Å². The van der Waals surface area contributed by atoms with Crippen LogP contribution in [0.25, 0.3) is 0 Å². The molecule has 1 N–H and O–H groups in total. The topological polar surface area (TPSA) is 38.3 Å². The summed E-state index contributed by atoms with van der Waals surface area (Å²) in [4.78, 5) is 12.2. The van der Waals surface area contributed by atoms with Gasteiger partial charge in [0.05, 0.1) is 0 Å². The van der Waals surface area contributed by atoms with Crippen molar-refractivity contribution in [1.29, 1.82) is 0 Å². The van der Waals surface area contributed by atoms with Crippen LogP contribution in [0, 0.1) is 11.8 Å². The Bertz CT molecular complexity index is 305. The highest BCUT2D eigenvalue weighted by atomic mass is 16.5. The summed E-state index contributed by atoms with van der Waals surface area (Å²) in [6.45, 7) is 9.17. The van der Waals surface area contributed by atoms with E-state index in [2.05, 4.69) is 19.2 Å². The molecule has 1 aliphatic rings. The third-order valence-corrected chi connectivity index (χ3v) is 3.11. The highest BCUT2D eigenvalue weighted by molar-refractivity contribution is 6.01. The Kier molecular flexibility index (Phi) is 5.19. The average Bonchev–Trinajstić information content (AvgIpc) is 2.56. The van der Waals surface area contributed by atoms with E-state index in [9.17, 15) is 4.79 Å². The summed E-state index contributed by atoms with van der Waals surface area (Å²) in [5, 5.41) is 3.12. The second-order valence-corrected chi connectivity index (χ2v) is 5.35. The summed E-state index contributed by atoms with van der Waals surface area (Å²) >= 11 is 0. The molecule has 1 rings (SSSR count). The number of allylic oxidation sites excluding steroid dienone is 1. The lowest BCUT2D eigenvalue weighted by Gasteiger charge is -2.15. The van der Waals surface area contributed by atoms with Crippen molar-refractivity contribution in [3.8, 4) is 0 Å². The maximum atomic E-state index is 12.2. The highest BCUT2D eigenvalue weighted by Gasteiger charge is 2.37. The number of carbonyl (C=O) groups is 1. The van der Waals surface area contributed by atoms with Crippen LogP contribution in [0.4, 0.5) is 0 Å². The van der Waals surface area contributed by atoms with Gasteiger partial charge in [0.15, 0.2) is 6.10 Å². The molecule has 3 heteroatoms. The van der Waals surface area contributed by atoms with Crippen molar-refractivity contribution in [3.05, 3.63) is 11.3 Å². The van der Waals surface area contributed by atoms with Crippen molar-refractivity contribution in [3.63, 3.8) is 0 Å². The third-order valence-electron chi connectivity index (χ3n) is 3.11. The number of rotatable bonds is 6. The van der Waals surface area contributed by atoms with E-state index in [1.54, 1.807) is 0 Å². The van der Waals surface area contributed by atoms with Gasteiger partial charge in [-0.15, -0.1) is 0 Å². The molecular formula is C14H25NO2. The summed E-state index contributed by atoms with van der Waals surface area (Å²) in [5.74, 6) is 1.64. The largest absolute Gasteiger partial charge is 0.486 e. The Morgan fingerprint density at radius 1 is 1.29 bits per heavy atom. The molecule has 0 amide bonds. The fraction of sp³-hybridized carbons (Fsp3) is 0.786. The van der Waals surface area contributed by atoms with Crippen LogP contribution >= 0.6 is 0 Å². The van der Waals surface area contributed by atoms with Gasteiger partial charge in [-0.1, -0.05) is 27.7 Å². The number of hydrogen-bond donors (Lipinski definition) is 1. The predicted molar refractivity (Wildman–Crippen MR) is 69.7 cm³/mol. The molecule has 1 aliphatic heterocycles. The van der Waals surface area contributed by atoms with Crippen LogP contribution in [0.15, 0.2) is 11.3 Å². The van der Waals surface area contributed by atoms with Crippen LogP contribution in [0.1, 0.15) is 40.5 Å². The highest BCUT2D eigenvalue weighted by Crippen LogP contribution is 2.33. The van der Waals surface area contributed by atoms with E-state index >= 15 is 0 Å². The van der Waals surface area contributed by atoms with Gasteiger partial charge in [-0.25, -0.2) is 0 Å². The van der Waals surface area contributed by atoms with E-state index in [0.717, 1.165) is 30.7 Å². The normalized spacial score (nSPS) is 20.6. The molecule has 0 saturated heterocycles. The van der Waals surface area contributed by atoms with Gasteiger partial charge in [0, 0.05) is 12.0 Å². The first-order valence-corrected chi connectivity index (χ1v) is 6.57. The molecule has 3 nitrogen and oxygen atoms in total. The Morgan fingerprint density at radius 2 is 1.94 bits per heavy atom. The van der Waals surface area contributed by atoms with Gasteiger partial charge in [-0.3, -0.25) is 4.79 Å². The van der Waals surface area contributed by atoms with Crippen molar-refractivity contribution >= 4 is 5.78 Å². The minimum atomic E-state index is -0.253. The molecular weight excluding hydrogens is 214 g/mol. The standard InChI is InChI=1S/C14H25NO2/c1-9(2)12-11(7-6-8-15-5)17-14(10(3)4)13(12)16/h9-10,14-15H,6-8H2,1-5H3. The summed E-state index contributed by atoms with van der Waals surface area (Å²) < 4.78 is 5.86. The van der Waals surface area contributed by atoms with Crippen LogP contribution in [0.2, 0.25) is 0 Å². The number of nitrogens with one attached hydrogen (secondary N) is 1. The van der Waals surface area contributed by atoms with Crippen molar-refractivity contribution in [1.82, 2.24) is 5.32 Å². The van der Waals surface area contributed by atoms with Crippen LogP contribution in [-0.2, 0) is 9.53 Å². The second-order valence-electron chi connectivity index (χ2n) is 5.35. The fourth-order valence-electron chi connectivity index (χ4n) is 2.23. The minimum absolute atomic E-state index is 0.203. The molecule has 0 aromatic heterocycles. The molecule has 0 bridgehead atoms. The van der Waals surface area contributed by atoms with E-state index < -0.39 is 0 Å². The molecule has 0 aromatic carbocycles. The van der Waals surface area contributed by atoms with Crippen molar-refractivity contribution < 1.29 is 9.53 Å². The molecule has 17 heavy (non-hydrogen) atoms. The number of hydrogen-bond acceptors (Lipinski definition) is 3. The predicted octanol–water partition coefficient (Wildman–Crippen LogP) is 2.52. The smallest absolute Gasteiger partial charge is 0.203 e. The van der Waals surface area contributed by atoms with Gasteiger partial charge in [0.2, 0.25) is 5.78 Å². The Labute approximate surface area is 105 Å². The van der Waals surface area contributed by atoms with Gasteiger partial charge < -0.3 is 10.1 Å². The van der Waals surface area contributed by atoms with Crippen LogP contribution in [0.5, 0.6) is 0 Å². The van der Waals surface area contributed by atoms with E-state index in [1.807, 2.05) is 20.9 Å². The number of ketones is 1. The van der Waals surface area contributed by atoms with Gasteiger partial charge >= 0.3 is 0 Å². The van der Waals surface area contributed by atoms with Gasteiger partial charge in [0.25, 0.3) is 0 Å². The molecule has 1 unspecified atom stereocenters. The molecule has 0 saturated carbocycles. The SMILES string of the molecule is CNCCCC1=C(C(C)C)C(=O)C(C(C)C)O1. The molecule has 1 atom stereocenters. The molecule has 0 aliphatic carbocycles. The molecule has 0 radical (unpaired) electrons. The van der Waals surface area contributed by atoms with Gasteiger partial charge in [-0.2, -0.15) is 0 Å². The zero-order chi connectivity index (χ0) is 13.0. The van der Waals surface area contributed by atoms with E-state index in [1.165, 1.54) is 0 Å². The number of Topliss-reactive ketones (excluding diaryl/α,β-unsaturated/α-hetero) is 1. The lowest BCUT2D eigenvalue weighted by Crippen LogP contribution is -2.25. The molecule has 0 fully saturated rings. The lowest BCUT2D eigenvalue weighted by molar-refractivity contribution is -0.123. The maximum absolute atomic E-state index is 12.2. The Hall–Kier alpha value is -0.830. The minimum Gasteiger partial charge on any atom is -0.486 e. The zero-order valence-corrected chi connectivity index (χ0v) is 11.7. The second kappa shape index (κ2) is 6.20. The van der Waals surface area contributed by atoms with E-state index in [4.69, 9.17) is 4.74 Å². The quantitative estimate of drug-likeness (QED) is 0.724. The molecule has 98 valence electrons. The summed E-state index contributed by atoms with van der Waals surface area (Å²) in [5.41, 5.74) is 0.916. The lowest BCUT2D eigenvalue weighted by atomic mass is 9.92. The zero-order valence-electron chi connectivity index (χ0n) is 11.7. The van der Waals surface area contributed by atoms with Crippen LogP contribution in [0.3, 0.4) is 0 Å². The Balaban J connectivity index is 2.77. The first kappa shape index (κ1) is 14.2. The Morgan fingerprint density at radius 3 is 2.41 bits per heavy atom. The monoisotopic (exact) mass is 239 g/mol. The number of ether oxygens (including phenoxy) is 1. The first-order valence-electron chi connectivity index (χ1n) is 6.57.